The van der Waals surface area contributed by atoms with Gasteiger partial charge in [-0.25, -0.2) is 14.4 Å². The van der Waals surface area contributed by atoms with E-state index in [-0.39, 0.29) is 68.8 Å². The number of hydrogen-bond donors (Lipinski definition) is 0. The standard InChI is InChI=1S/C16H11BrFN3O2.K/c17-9-3-4-10(11(18)5-9)13-7-21-14(8-1-2-8)6-12(15(22)23)19-16(21)20-13;/h3-8H,1-2H2,(H,22,23);/q;+1/p-1. The molecule has 1 aliphatic rings. The second kappa shape index (κ2) is 6.93. The summed E-state index contributed by atoms with van der Waals surface area (Å²) < 4.78 is 16.5. The third-order valence-electron chi connectivity index (χ3n) is 3.88. The Morgan fingerprint density at radius 2 is 2.04 bits per heavy atom. The van der Waals surface area contributed by atoms with Crippen molar-refractivity contribution in [1.29, 1.82) is 0 Å². The zero-order valence-electron chi connectivity index (χ0n) is 12.8. The van der Waals surface area contributed by atoms with Crippen molar-refractivity contribution >= 4 is 27.7 Å². The van der Waals surface area contributed by atoms with Crippen molar-refractivity contribution in [2.45, 2.75) is 18.8 Å². The SMILES string of the molecule is O=C([O-])c1cc(C2CC2)n2cc(-c3ccc(Br)cc3F)nc2n1.[K+]. The Morgan fingerprint density at radius 1 is 1.29 bits per heavy atom. The number of carbonyl (C=O) groups excluding carboxylic acids is 1. The summed E-state index contributed by atoms with van der Waals surface area (Å²) in [5.41, 5.74) is 1.44. The van der Waals surface area contributed by atoms with Crippen LogP contribution in [0.5, 0.6) is 0 Å². The number of carbonyl (C=O) groups is 1. The van der Waals surface area contributed by atoms with Crippen molar-refractivity contribution in [1.82, 2.24) is 14.4 Å². The Morgan fingerprint density at radius 3 is 2.67 bits per heavy atom. The van der Waals surface area contributed by atoms with Crippen LogP contribution < -0.4 is 56.5 Å². The molecule has 0 N–H and O–H groups in total. The van der Waals surface area contributed by atoms with Gasteiger partial charge in [-0.2, -0.15) is 0 Å². The number of aromatic nitrogens is 3. The minimum Gasteiger partial charge on any atom is -0.543 e. The first-order valence-electron chi connectivity index (χ1n) is 7.10. The van der Waals surface area contributed by atoms with Crippen LogP contribution in [0.15, 0.2) is 34.9 Å². The van der Waals surface area contributed by atoms with Crippen LogP contribution in [0.3, 0.4) is 0 Å². The van der Waals surface area contributed by atoms with Crippen LogP contribution in [-0.4, -0.2) is 20.3 Å². The van der Waals surface area contributed by atoms with E-state index in [2.05, 4.69) is 25.9 Å². The summed E-state index contributed by atoms with van der Waals surface area (Å²) in [5.74, 6) is -1.22. The van der Waals surface area contributed by atoms with Gasteiger partial charge in [-0.3, -0.25) is 4.40 Å². The van der Waals surface area contributed by atoms with Gasteiger partial charge in [0.05, 0.1) is 17.4 Å². The molecule has 8 heteroatoms. The molecule has 24 heavy (non-hydrogen) atoms. The maximum Gasteiger partial charge on any atom is 1.00 e. The fraction of sp³-hybridized carbons (Fsp3) is 0.188. The van der Waals surface area contributed by atoms with E-state index in [4.69, 9.17) is 0 Å². The van der Waals surface area contributed by atoms with Crippen molar-refractivity contribution in [2.24, 2.45) is 0 Å². The molecule has 5 nitrogen and oxygen atoms in total. The maximum absolute atomic E-state index is 14.1. The molecule has 116 valence electrons. The minimum atomic E-state index is -1.34. The number of carboxylic acids is 1. The van der Waals surface area contributed by atoms with E-state index in [0.29, 0.717) is 15.7 Å². The number of aromatic carboxylic acids is 1. The molecule has 2 heterocycles. The minimum absolute atomic E-state index is 0. The van der Waals surface area contributed by atoms with Gasteiger partial charge in [-0.05, 0) is 43.0 Å². The van der Waals surface area contributed by atoms with E-state index in [9.17, 15) is 14.3 Å². The average molecular weight is 414 g/mol. The number of nitrogens with zero attached hydrogens (tertiary/aromatic N) is 3. The number of rotatable bonds is 3. The molecule has 0 radical (unpaired) electrons. The van der Waals surface area contributed by atoms with Crippen LogP contribution in [0.25, 0.3) is 17.0 Å². The van der Waals surface area contributed by atoms with Gasteiger partial charge < -0.3 is 9.90 Å². The van der Waals surface area contributed by atoms with Gasteiger partial charge in [-0.1, -0.05) is 15.9 Å². The second-order valence-corrected chi connectivity index (χ2v) is 6.46. The Hall–Kier alpha value is -0.644. The molecule has 0 aliphatic heterocycles. The molecular formula is C16H10BrFKN3O2. The Labute approximate surface area is 187 Å². The van der Waals surface area contributed by atoms with Crippen molar-refractivity contribution < 1.29 is 65.7 Å². The van der Waals surface area contributed by atoms with Gasteiger partial charge in [0, 0.05) is 21.9 Å². The van der Waals surface area contributed by atoms with E-state index < -0.39 is 11.8 Å². The predicted molar refractivity (Wildman–Crippen MR) is 82.4 cm³/mol. The number of imidazole rings is 1. The summed E-state index contributed by atoms with van der Waals surface area (Å²) in [6, 6.07) is 6.23. The van der Waals surface area contributed by atoms with Crippen molar-refractivity contribution in [3.63, 3.8) is 0 Å². The van der Waals surface area contributed by atoms with Gasteiger partial charge in [-0.15, -0.1) is 0 Å². The van der Waals surface area contributed by atoms with Crippen molar-refractivity contribution in [2.75, 3.05) is 0 Å². The summed E-state index contributed by atoms with van der Waals surface area (Å²) in [6.07, 6.45) is 3.68. The summed E-state index contributed by atoms with van der Waals surface area (Å²) in [5, 5.41) is 11.1. The summed E-state index contributed by atoms with van der Waals surface area (Å²) >= 11 is 3.22. The summed E-state index contributed by atoms with van der Waals surface area (Å²) in [7, 11) is 0. The quantitative estimate of drug-likeness (QED) is 0.545. The van der Waals surface area contributed by atoms with Gasteiger partial charge in [0.25, 0.3) is 0 Å². The molecular weight excluding hydrogens is 404 g/mol. The molecule has 0 saturated heterocycles. The third kappa shape index (κ3) is 3.36. The normalized spacial score (nSPS) is 13.8. The zero-order chi connectivity index (χ0) is 16.1. The molecule has 2 aromatic heterocycles. The first-order valence-corrected chi connectivity index (χ1v) is 7.89. The van der Waals surface area contributed by atoms with Crippen LogP contribution in [-0.2, 0) is 0 Å². The molecule has 0 spiro atoms. The molecule has 1 saturated carbocycles. The van der Waals surface area contributed by atoms with Gasteiger partial charge >= 0.3 is 51.4 Å². The molecule has 1 fully saturated rings. The van der Waals surface area contributed by atoms with Gasteiger partial charge in [0.2, 0.25) is 5.78 Å². The van der Waals surface area contributed by atoms with Crippen LogP contribution >= 0.6 is 15.9 Å². The monoisotopic (exact) mass is 413 g/mol. The smallest absolute Gasteiger partial charge is 0.543 e. The molecule has 0 atom stereocenters. The van der Waals surface area contributed by atoms with E-state index >= 15 is 0 Å². The summed E-state index contributed by atoms with van der Waals surface area (Å²) in [6.45, 7) is 0. The molecule has 1 aromatic carbocycles. The summed E-state index contributed by atoms with van der Waals surface area (Å²) in [4.78, 5) is 19.4. The Bertz CT molecular complexity index is 956. The molecule has 0 bridgehead atoms. The Kier molecular flexibility index (Phi) is 5.24. The second-order valence-electron chi connectivity index (χ2n) is 5.55. The van der Waals surface area contributed by atoms with Crippen molar-refractivity contribution in [3.05, 3.63) is 52.1 Å². The number of benzene rings is 1. The number of fused-ring (bicyclic) bond motifs is 1. The first-order chi connectivity index (χ1) is 11.0. The topological polar surface area (TPSA) is 70.3 Å². The maximum atomic E-state index is 14.1. The van der Waals surface area contributed by atoms with E-state index in [1.54, 1.807) is 22.7 Å². The number of hydrogen-bond acceptors (Lipinski definition) is 4. The van der Waals surface area contributed by atoms with Crippen molar-refractivity contribution in [3.8, 4) is 11.3 Å². The Balaban J connectivity index is 0.00000169. The van der Waals surface area contributed by atoms with E-state index in [0.717, 1.165) is 18.5 Å². The number of halogens is 2. The predicted octanol–water partition coefficient (Wildman–Crippen LogP) is -0.457. The molecule has 1 aliphatic carbocycles. The fourth-order valence-corrected chi connectivity index (χ4v) is 2.95. The zero-order valence-corrected chi connectivity index (χ0v) is 17.5. The molecule has 0 unspecified atom stereocenters. The van der Waals surface area contributed by atoms with E-state index in [1.165, 1.54) is 12.1 Å². The fourth-order valence-electron chi connectivity index (χ4n) is 2.61. The van der Waals surface area contributed by atoms with Crippen LogP contribution in [0.1, 0.15) is 34.9 Å². The van der Waals surface area contributed by atoms with Gasteiger partial charge in [0.15, 0.2) is 0 Å². The van der Waals surface area contributed by atoms with Crippen LogP contribution in [0.2, 0.25) is 0 Å². The number of carboxylic acid groups (broad SMARTS) is 1. The molecule has 0 amide bonds. The third-order valence-corrected chi connectivity index (χ3v) is 4.38. The molecule has 3 aromatic rings. The average Bonchev–Trinajstić information content (AvgIpc) is 3.25. The first kappa shape index (κ1) is 18.2. The van der Waals surface area contributed by atoms with Crippen LogP contribution in [0, 0.1) is 5.82 Å². The van der Waals surface area contributed by atoms with Crippen LogP contribution in [0.4, 0.5) is 4.39 Å². The largest absolute Gasteiger partial charge is 1.00 e. The van der Waals surface area contributed by atoms with E-state index in [1.807, 2.05) is 0 Å². The van der Waals surface area contributed by atoms with Gasteiger partial charge in [0.1, 0.15) is 5.82 Å². The molecule has 4 rings (SSSR count).